The van der Waals surface area contributed by atoms with E-state index in [4.69, 9.17) is 14.2 Å². The van der Waals surface area contributed by atoms with E-state index in [-0.39, 0.29) is 0 Å². The second-order valence-electron chi connectivity index (χ2n) is 6.15. The minimum Gasteiger partial charge on any atom is -0.493 e. The van der Waals surface area contributed by atoms with Crippen LogP contribution in [0.25, 0.3) is 0 Å². The number of methoxy groups -OCH3 is 3. The fraction of sp³-hybridized carbons (Fsp3) is 0.632. The number of nitrogens with one attached hydrogen (secondary N) is 2. The summed E-state index contributed by atoms with van der Waals surface area (Å²) in [7, 11) is 4.84. The van der Waals surface area contributed by atoms with E-state index >= 15 is 0 Å². The Morgan fingerprint density at radius 1 is 1.04 bits per heavy atom. The van der Waals surface area contributed by atoms with Gasteiger partial charge in [0.1, 0.15) is 0 Å². The van der Waals surface area contributed by atoms with Crippen molar-refractivity contribution in [2.24, 2.45) is 10.9 Å². The Labute approximate surface area is 152 Å². The predicted molar refractivity (Wildman–Crippen MR) is 103 cm³/mol. The Bertz CT molecular complexity index is 545. The molecule has 0 bridgehead atoms. The lowest BCUT2D eigenvalue weighted by atomic mass is 10.1. The van der Waals surface area contributed by atoms with E-state index in [1.807, 2.05) is 12.1 Å². The van der Waals surface area contributed by atoms with Gasteiger partial charge in [-0.15, -0.1) is 0 Å². The zero-order valence-electron chi connectivity index (χ0n) is 16.4. The molecule has 0 heterocycles. The number of aliphatic imine (C=N–C) groups is 1. The normalized spacial score (nSPS) is 11.4. The lowest BCUT2D eigenvalue weighted by molar-refractivity contribution is 0.322. The average molecular weight is 351 g/mol. The molecule has 2 N–H and O–H groups in total. The quantitative estimate of drug-likeness (QED) is 0.385. The second kappa shape index (κ2) is 11.4. The molecular formula is C19H33N3O3. The summed E-state index contributed by atoms with van der Waals surface area (Å²) in [5.41, 5.74) is 0.944. The number of hydrogen-bond acceptors (Lipinski definition) is 4. The Kier molecular flexibility index (Phi) is 9.58. The summed E-state index contributed by atoms with van der Waals surface area (Å²) in [6.45, 7) is 8.75. The van der Waals surface area contributed by atoms with Crippen molar-refractivity contribution in [2.75, 3.05) is 34.4 Å². The molecule has 142 valence electrons. The van der Waals surface area contributed by atoms with E-state index < -0.39 is 0 Å². The molecule has 1 rings (SSSR count). The summed E-state index contributed by atoms with van der Waals surface area (Å²) >= 11 is 0. The summed E-state index contributed by atoms with van der Waals surface area (Å²) in [4.78, 5) is 4.66. The van der Waals surface area contributed by atoms with Crippen molar-refractivity contribution in [1.82, 2.24) is 10.6 Å². The molecule has 1 aromatic carbocycles. The Hall–Kier alpha value is -2.11. The first kappa shape index (κ1) is 20.9. The standard InChI is InChI=1S/C19H33N3O3/c1-7-20-19(21-12-8-9-14(2)3)22-13-15-10-11-16(23-4)18(25-6)17(15)24-5/h10-11,14H,7-9,12-13H2,1-6H3,(H2,20,21,22). The van der Waals surface area contributed by atoms with Crippen LogP contribution in [0.4, 0.5) is 0 Å². The molecule has 6 nitrogen and oxygen atoms in total. The maximum Gasteiger partial charge on any atom is 0.203 e. The van der Waals surface area contributed by atoms with Gasteiger partial charge in [0.2, 0.25) is 5.75 Å². The Morgan fingerprint density at radius 3 is 2.32 bits per heavy atom. The molecule has 0 saturated heterocycles. The summed E-state index contributed by atoms with van der Waals surface area (Å²) in [6.07, 6.45) is 2.33. The van der Waals surface area contributed by atoms with Crippen molar-refractivity contribution < 1.29 is 14.2 Å². The van der Waals surface area contributed by atoms with E-state index in [0.29, 0.717) is 23.8 Å². The van der Waals surface area contributed by atoms with Crippen LogP contribution in [0, 0.1) is 5.92 Å². The van der Waals surface area contributed by atoms with Crippen LogP contribution in [0.5, 0.6) is 17.2 Å². The summed E-state index contributed by atoms with van der Waals surface area (Å²) in [5, 5.41) is 6.65. The molecule has 0 amide bonds. The lowest BCUT2D eigenvalue weighted by Crippen LogP contribution is -2.37. The van der Waals surface area contributed by atoms with Crippen LogP contribution in [-0.2, 0) is 6.54 Å². The Morgan fingerprint density at radius 2 is 1.76 bits per heavy atom. The third-order valence-electron chi connectivity index (χ3n) is 3.79. The molecule has 0 aliphatic heterocycles. The highest BCUT2D eigenvalue weighted by molar-refractivity contribution is 5.79. The van der Waals surface area contributed by atoms with Gasteiger partial charge in [0.05, 0.1) is 27.9 Å². The third-order valence-corrected chi connectivity index (χ3v) is 3.79. The summed E-state index contributed by atoms with van der Waals surface area (Å²) < 4.78 is 16.3. The van der Waals surface area contributed by atoms with Gasteiger partial charge in [0.15, 0.2) is 17.5 Å². The van der Waals surface area contributed by atoms with Crippen LogP contribution in [0.2, 0.25) is 0 Å². The number of rotatable bonds is 10. The number of ether oxygens (including phenoxy) is 3. The van der Waals surface area contributed by atoms with Crippen LogP contribution in [-0.4, -0.2) is 40.4 Å². The molecule has 0 spiro atoms. The van der Waals surface area contributed by atoms with Crippen molar-refractivity contribution in [1.29, 1.82) is 0 Å². The number of nitrogens with zero attached hydrogens (tertiary/aromatic N) is 1. The van der Waals surface area contributed by atoms with Gasteiger partial charge in [0.25, 0.3) is 0 Å². The number of hydrogen-bond donors (Lipinski definition) is 2. The van der Waals surface area contributed by atoms with E-state index in [9.17, 15) is 0 Å². The van der Waals surface area contributed by atoms with Crippen LogP contribution in [0.3, 0.4) is 0 Å². The van der Waals surface area contributed by atoms with Gasteiger partial charge in [-0.2, -0.15) is 0 Å². The van der Waals surface area contributed by atoms with Crippen molar-refractivity contribution in [3.63, 3.8) is 0 Å². The highest BCUT2D eigenvalue weighted by Gasteiger charge is 2.15. The molecule has 0 aliphatic carbocycles. The molecule has 0 aliphatic rings. The van der Waals surface area contributed by atoms with Gasteiger partial charge in [-0.1, -0.05) is 13.8 Å². The van der Waals surface area contributed by atoms with Gasteiger partial charge in [-0.05, 0) is 37.8 Å². The number of benzene rings is 1. The third kappa shape index (κ3) is 6.72. The SMILES string of the molecule is CCNC(=NCc1ccc(OC)c(OC)c1OC)NCCCC(C)C. The predicted octanol–water partition coefficient (Wildman–Crippen LogP) is 3.20. The molecule has 1 aromatic rings. The fourth-order valence-electron chi connectivity index (χ4n) is 2.51. The van der Waals surface area contributed by atoms with Gasteiger partial charge in [-0.25, -0.2) is 4.99 Å². The van der Waals surface area contributed by atoms with E-state index in [2.05, 4.69) is 36.4 Å². The van der Waals surface area contributed by atoms with Crippen molar-refractivity contribution in [3.8, 4) is 17.2 Å². The van der Waals surface area contributed by atoms with Crippen LogP contribution in [0.15, 0.2) is 17.1 Å². The first-order chi connectivity index (χ1) is 12.1. The minimum atomic E-state index is 0.489. The number of guanidine groups is 1. The maximum absolute atomic E-state index is 5.51. The van der Waals surface area contributed by atoms with Gasteiger partial charge < -0.3 is 24.8 Å². The molecule has 0 radical (unpaired) electrons. The van der Waals surface area contributed by atoms with Gasteiger partial charge >= 0.3 is 0 Å². The largest absolute Gasteiger partial charge is 0.493 e. The van der Waals surface area contributed by atoms with E-state index in [0.717, 1.165) is 37.0 Å². The minimum absolute atomic E-state index is 0.489. The average Bonchev–Trinajstić information content (AvgIpc) is 2.61. The topological polar surface area (TPSA) is 64.1 Å². The lowest BCUT2D eigenvalue weighted by Gasteiger charge is -2.16. The summed E-state index contributed by atoms with van der Waals surface area (Å²) in [5.74, 6) is 3.42. The molecule has 0 saturated carbocycles. The molecular weight excluding hydrogens is 318 g/mol. The van der Waals surface area contributed by atoms with Crippen molar-refractivity contribution in [2.45, 2.75) is 40.2 Å². The van der Waals surface area contributed by atoms with E-state index in [1.54, 1.807) is 21.3 Å². The highest BCUT2D eigenvalue weighted by Crippen LogP contribution is 2.39. The molecule has 0 fully saturated rings. The van der Waals surface area contributed by atoms with Crippen molar-refractivity contribution in [3.05, 3.63) is 17.7 Å². The monoisotopic (exact) mass is 351 g/mol. The highest BCUT2D eigenvalue weighted by atomic mass is 16.5. The molecule has 25 heavy (non-hydrogen) atoms. The van der Waals surface area contributed by atoms with Crippen LogP contribution in [0.1, 0.15) is 39.2 Å². The molecule has 0 aromatic heterocycles. The first-order valence-corrected chi connectivity index (χ1v) is 8.87. The van der Waals surface area contributed by atoms with Crippen LogP contribution >= 0.6 is 0 Å². The Balaban J connectivity index is 2.84. The molecule has 0 unspecified atom stereocenters. The fourth-order valence-corrected chi connectivity index (χ4v) is 2.51. The van der Waals surface area contributed by atoms with Gasteiger partial charge in [0, 0.05) is 18.7 Å². The van der Waals surface area contributed by atoms with Gasteiger partial charge in [-0.3, -0.25) is 0 Å². The van der Waals surface area contributed by atoms with Crippen LogP contribution < -0.4 is 24.8 Å². The second-order valence-corrected chi connectivity index (χ2v) is 6.15. The smallest absolute Gasteiger partial charge is 0.203 e. The van der Waals surface area contributed by atoms with Crippen molar-refractivity contribution >= 4 is 5.96 Å². The first-order valence-electron chi connectivity index (χ1n) is 8.87. The summed E-state index contributed by atoms with van der Waals surface area (Å²) in [6, 6.07) is 3.82. The maximum atomic E-state index is 5.51. The zero-order chi connectivity index (χ0) is 18.7. The zero-order valence-corrected chi connectivity index (χ0v) is 16.4. The van der Waals surface area contributed by atoms with E-state index in [1.165, 1.54) is 6.42 Å². The molecule has 0 atom stereocenters. The molecule has 6 heteroatoms.